The highest BCUT2D eigenvalue weighted by Crippen LogP contribution is 2.49. The Kier molecular flexibility index (Phi) is 8.40. The van der Waals surface area contributed by atoms with Crippen molar-refractivity contribution in [1.82, 2.24) is 5.32 Å². The molecule has 206 valence electrons. The minimum absolute atomic E-state index is 0.0105. The van der Waals surface area contributed by atoms with Crippen molar-refractivity contribution in [1.29, 1.82) is 0 Å². The second kappa shape index (κ2) is 12.1. The third kappa shape index (κ3) is 5.56. The molecule has 3 aromatic carbocycles. The zero-order chi connectivity index (χ0) is 28.2. The van der Waals surface area contributed by atoms with Gasteiger partial charge in [-0.1, -0.05) is 76.6 Å². The van der Waals surface area contributed by atoms with E-state index in [1.165, 1.54) is 0 Å². The number of benzene rings is 3. The van der Waals surface area contributed by atoms with Crippen molar-refractivity contribution in [2.24, 2.45) is 0 Å². The molecule has 0 bridgehead atoms. The van der Waals surface area contributed by atoms with Gasteiger partial charge in [0, 0.05) is 40.2 Å². The van der Waals surface area contributed by atoms with E-state index in [0.29, 0.717) is 52.1 Å². The number of rotatable bonds is 8. The number of carbonyl (C=O) groups is 2. The minimum atomic E-state index is -0.626. The van der Waals surface area contributed by atoms with Gasteiger partial charge in [-0.15, -0.1) is 0 Å². The van der Waals surface area contributed by atoms with E-state index in [4.69, 9.17) is 14.2 Å². The molecule has 1 heterocycles. The molecule has 0 aromatic heterocycles. The fraction of sp³-hybridized carbons (Fsp3) is 0.273. The maximum Gasteiger partial charge on any atom is 0.336 e. The number of methoxy groups -OCH3 is 2. The van der Waals surface area contributed by atoms with E-state index < -0.39 is 11.9 Å². The molecule has 0 saturated carbocycles. The molecule has 1 aliphatic heterocycles. The second-order valence-corrected chi connectivity index (χ2v) is 10.9. The smallest absolute Gasteiger partial charge is 0.336 e. The molecule has 3 aromatic rings. The molecular weight excluding hydrogens is 570 g/mol. The van der Waals surface area contributed by atoms with Gasteiger partial charge in [0.05, 0.1) is 26.4 Å². The lowest BCUT2D eigenvalue weighted by atomic mass is 9.71. The molecule has 5 rings (SSSR count). The molecule has 0 radical (unpaired) electrons. The number of nitrogens with one attached hydrogen (secondary N) is 1. The fourth-order valence-electron chi connectivity index (χ4n) is 5.66. The summed E-state index contributed by atoms with van der Waals surface area (Å²) in [5.41, 5.74) is 5.49. The van der Waals surface area contributed by atoms with E-state index >= 15 is 0 Å². The van der Waals surface area contributed by atoms with Gasteiger partial charge in [-0.25, -0.2) is 4.79 Å². The molecule has 40 heavy (non-hydrogen) atoms. The van der Waals surface area contributed by atoms with Crippen molar-refractivity contribution >= 4 is 27.7 Å². The molecule has 0 saturated heterocycles. The number of carbonyl (C=O) groups excluding carboxylic acids is 2. The number of dihydropyridines is 1. The Bertz CT molecular complexity index is 1480. The van der Waals surface area contributed by atoms with E-state index in [9.17, 15) is 9.59 Å². The van der Waals surface area contributed by atoms with Crippen LogP contribution in [0.2, 0.25) is 0 Å². The maximum atomic E-state index is 13.9. The van der Waals surface area contributed by atoms with Crippen LogP contribution in [-0.4, -0.2) is 32.6 Å². The van der Waals surface area contributed by atoms with Crippen molar-refractivity contribution in [2.45, 2.75) is 38.0 Å². The van der Waals surface area contributed by atoms with Crippen molar-refractivity contribution in [2.75, 3.05) is 20.8 Å². The Balaban J connectivity index is 1.54. The van der Waals surface area contributed by atoms with Crippen molar-refractivity contribution in [3.63, 3.8) is 0 Å². The van der Waals surface area contributed by atoms with Crippen LogP contribution in [0.25, 0.3) is 0 Å². The van der Waals surface area contributed by atoms with Crippen molar-refractivity contribution in [3.05, 3.63) is 116 Å². The van der Waals surface area contributed by atoms with Gasteiger partial charge in [-0.3, -0.25) is 4.79 Å². The third-order valence-corrected chi connectivity index (χ3v) is 8.29. The quantitative estimate of drug-likeness (QED) is 0.293. The number of esters is 1. The molecule has 2 atom stereocenters. The summed E-state index contributed by atoms with van der Waals surface area (Å²) < 4.78 is 17.6. The third-order valence-electron chi connectivity index (χ3n) is 7.60. The number of Topliss-reactive ketones (excluding diaryl/α,β-unsaturated/α-hetero) is 1. The maximum absolute atomic E-state index is 13.9. The van der Waals surface area contributed by atoms with Gasteiger partial charge in [-0.05, 0) is 48.1 Å². The predicted octanol–water partition coefficient (Wildman–Crippen LogP) is 6.61. The summed E-state index contributed by atoms with van der Waals surface area (Å²) in [5.74, 6) is 0.0586. The number of hydrogen-bond acceptors (Lipinski definition) is 6. The van der Waals surface area contributed by atoms with Crippen LogP contribution in [0.3, 0.4) is 0 Å². The lowest BCUT2D eigenvalue weighted by molar-refractivity contribution is -0.139. The van der Waals surface area contributed by atoms with E-state index in [2.05, 4.69) is 33.4 Å². The van der Waals surface area contributed by atoms with Crippen LogP contribution in [0.4, 0.5) is 0 Å². The average Bonchev–Trinajstić information content (AvgIpc) is 2.97. The summed E-state index contributed by atoms with van der Waals surface area (Å²) in [4.78, 5) is 27.6. The molecule has 6 nitrogen and oxygen atoms in total. The standard InChI is InChI=1S/C33H32BrNO5/c1-20-30(33(37)40-15-14-21-10-6-4-7-11-21)31(24-18-28(38-2)29(39-3)19-25(24)34)32-26(35-20)16-23(17-27(32)36)22-12-8-5-9-13-22/h4-13,18-19,23,31,35H,14-17H2,1-3H3/t23-,31+/m0/s1. The summed E-state index contributed by atoms with van der Waals surface area (Å²) in [6.07, 6.45) is 1.63. The Morgan fingerprint density at radius 1 is 0.950 bits per heavy atom. The van der Waals surface area contributed by atoms with Gasteiger partial charge >= 0.3 is 5.97 Å². The lowest BCUT2D eigenvalue weighted by Crippen LogP contribution is -2.36. The van der Waals surface area contributed by atoms with Gasteiger partial charge in [0.2, 0.25) is 0 Å². The molecule has 0 unspecified atom stereocenters. The molecule has 2 aliphatic rings. The van der Waals surface area contributed by atoms with Gasteiger partial charge in [-0.2, -0.15) is 0 Å². The van der Waals surface area contributed by atoms with Crippen LogP contribution in [0.15, 0.2) is 99.8 Å². The number of ether oxygens (including phenoxy) is 3. The van der Waals surface area contributed by atoms with Gasteiger partial charge in [0.15, 0.2) is 17.3 Å². The molecule has 7 heteroatoms. The summed E-state index contributed by atoms with van der Waals surface area (Å²) in [7, 11) is 3.14. The number of hydrogen-bond donors (Lipinski definition) is 1. The largest absolute Gasteiger partial charge is 0.493 e. The van der Waals surface area contributed by atoms with E-state index in [1.54, 1.807) is 14.2 Å². The Labute approximate surface area is 243 Å². The second-order valence-electron chi connectivity index (χ2n) is 10.0. The summed E-state index contributed by atoms with van der Waals surface area (Å²) in [6.45, 7) is 2.10. The number of ketones is 1. The first-order valence-corrected chi connectivity index (χ1v) is 14.1. The predicted molar refractivity (Wildman–Crippen MR) is 157 cm³/mol. The first kappa shape index (κ1) is 27.7. The minimum Gasteiger partial charge on any atom is -0.493 e. The van der Waals surface area contributed by atoms with Crippen LogP contribution in [0, 0.1) is 0 Å². The molecule has 0 amide bonds. The average molecular weight is 603 g/mol. The van der Waals surface area contributed by atoms with Crippen LogP contribution in [0.1, 0.15) is 48.3 Å². The Morgan fingerprint density at radius 2 is 1.60 bits per heavy atom. The summed E-state index contributed by atoms with van der Waals surface area (Å²) in [5, 5.41) is 3.42. The zero-order valence-corrected chi connectivity index (χ0v) is 24.4. The first-order valence-electron chi connectivity index (χ1n) is 13.3. The molecule has 1 N–H and O–H groups in total. The lowest BCUT2D eigenvalue weighted by Gasteiger charge is -2.37. The SMILES string of the molecule is COc1cc(Br)c([C@@H]2C(C(=O)OCCc3ccccc3)=C(C)NC3=C2C(=O)C[C@@H](c2ccccc2)C3)cc1OC. The summed E-state index contributed by atoms with van der Waals surface area (Å²) in [6, 6.07) is 23.6. The Hall–Kier alpha value is -3.84. The van der Waals surface area contributed by atoms with E-state index in [-0.39, 0.29) is 18.3 Å². The molecule has 1 aliphatic carbocycles. The normalized spacial score (nSPS) is 18.6. The zero-order valence-electron chi connectivity index (χ0n) is 22.8. The Morgan fingerprint density at radius 3 is 2.27 bits per heavy atom. The van der Waals surface area contributed by atoms with Crippen LogP contribution >= 0.6 is 15.9 Å². The topological polar surface area (TPSA) is 73.9 Å². The van der Waals surface area contributed by atoms with Crippen LogP contribution < -0.4 is 14.8 Å². The van der Waals surface area contributed by atoms with E-state index in [0.717, 1.165) is 22.4 Å². The summed E-state index contributed by atoms with van der Waals surface area (Å²) >= 11 is 3.69. The molecule has 0 fully saturated rings. The first-order chi connectivity index (χ1) is 19.4. The molecule has 0 spiro atoms. The van der Waals surface area contributed by atoms with Gasteiger partial charge in [0.1, 0.15) is 0 Å². The van der Waals surface area contributed by atoms with E-state index in [1.807, 2.05) is 67.6 Å². The van der Waals surface area contributed by atoms with Gasteiger partial charge < -0.3 is 19.5 Å². The number of allylic oxidation sites excluding steroid dienone is 3. The van der Waals surface area contributed by atoms with Gasteiger partial charge in [0.25, 0.3) is 0 Å². The highest BCUT2D eigenvalue weighted by molar-refractivity contribution is 9.10. The molecular formula is C33H32BrNO5. The number of halogens is 1. The van der Waals surface area contributed by atoms with Crippen molar-refractivity contribution < 1.29 is 23.8 Å². The van der Waals surface area contributed by atoms with Crippen LogP contribution in [0.5, 0.6) is 11.5 Å². The van der Waals surface area contributed by atoms with Crippen molar-refractivity contribution in [3.8, 4) is 11.5 Å². The van der Waals surface area contributed by atoms with Crippen LogP contribution in [-0.2, 0) is 20.7 Å². The highest BCUT2D eigenvalue weighted by Gasteiger charge is 2.42. The highest BCUT2D eigenvalue weighted by atomic mass is 79.9. The fourth-order valence-corrected chi connectivity index (χ4v) is 6.21. The monoisotopic (exact) mass is 601 g/mol.